The van der Waals surface area contributed by atoms with Crippen molar-refractivity contribution in [3.63, 3.8) is 0 Å². The summed E-state index contributed by atoms with van der Waals surface area (Å²) >= 11 is 6.14. The number of nitrogens with zero attached hydrogens (tertiary/aromatic N) is 1. The van der Waals surface area contributed by atoms with Crippen molar-refractivity contribution >= 4 is 22.7 Å². The summed E-state index contributed by atoms with van der Waals surface area (Å²) in [5.41, 5.74) is 11.5. The standard InChI is InChI=1S/C37H24ClNO/c38-33-19-17-27(18-20-33)37-39-36-34(31-16-8-14-29(22-31)26-11-5-2-6-12-26)23-32(24-35(36)40-37)30-15-7-13-28(21-30)25-9-3-1-4-10-25/h1-24H. The van der Waals surface area contributed by atoms with Crippen LogP contribution in [-0.4, -0.2) is 4.98 Å². The molecule has 0 spiro atoms. The Morgan fingerprint density at radius 2 is 0.950 bits per heavy atom. The quantitative estimate of drug-likeness (QED) is 0.220. The molecule has 40 heavy (non-hydrogen) atoms. The second-order valence-corrected chi connectivity index (χ2v) is 10.2. The number of rotatable bonds is 5. The van der Waals surface area contributed by atoms with Gasteiger partial charge in [0.2, 0.25) is 5.89 Å². The SMILES string of the molecule is Clc1ccc(-c2nc3c(-c4cccc(-c5ccccc5)c4)cc(-c4cccc(-c5ccccc5)c4)cc3o2)cc1. The van der Waals surface area contributed by atoms with Gasteiger partial charge in [0.05, 0.1) is 0 Å². The third-order valence-corrected chi connectivity index (χ3v) is 7.42. The maximum atomic E-state index is 6.39. The fraction of sp³-hybridized carbons (Fsp3) is 0. The smallest absolute Gasteiger partial charge is 0.227 e. The number of fused-ring (bicyclic) bond motifs is 1. The number of aromatic nitrogens is 1. The van der Waals surface area contributed by atoms with E-state index < -0.39 is 0 Å². The zero-order valence-electron chi connectivity index (χ0n) is 21.6. The molecule has 0 saturated heterocycles. The van der Waals surface area contributed by atoms with Crippen molar-refractivity contribution in [1.82, 2.24) is 4.98 Å². The molecular weight excluding hydrogens is 510 g/mol. The lowest BCUT2D eigenvalue weighted by atomic mass is 9.94. The van der Waals surface area contributed by atoms with Gasteiger partial charge in [0, 0.05) is 16.1 Å². The minimum absolute atomic E-state index is 0.572. The predicted octanol–water partition coefficient (Wildman–Crippen LogP) is 10.8. The zero-order valence-corrected chi connectivity index (χ0v) is 22.3. The van der Waals surface area contributed by atoms with E-state index in [0.29, 0.717) is 10.9 Å². The maximum absolute atomic E-state index is 6.39. The maximum Gasteiger partial charge on any atom is 0.227 e. The number of halogens is 1. The molecule has 6 aromatic carbocycles. The molecule has 3 heteroatoms. The highest BCUT2D eigenvalue weighted by Crippen LogP contribution is 2.38. The van der Waals surface area contributed by atoms with Gasteiger partial charge in [-0.15, -0.1) is 0 Å². The minimum Gasteiger partial charge on any atom is -0.436 e. The Labute approximate surface area is 238 Å². The van der Waals surface area contributed by atoms with Gasteiger partial charge in [0.15, 0.2) is 5.58 Å². The average Bonchev–Trinajstić information content (AvgIpc) is 3.46. The first-order valence-corrected chi connectivity index (χ1v) is 13.6. The molecular formula is C37H24ClNO. The highest BCUT2D eigenvalue weighted by molar-refractivity contribution is 6.30. The highest BCUT2D eigenvalue weighted by atomic mass is 35.5. The van der Waals surface area contributed by atoms with Crippen molar-refractivity contribution in [1.29, 1.82) is 0 Å². The molecule has 0 radical (unpaired) electrons. The van der Waals surface area contributed by atoms with Crippen LogP contribution in [0.3, 0.4) is 0 Å². The number of benzene rings is 6. The second kappa shape index (κ2) is 10.3. The van der Waals surface area contributed by atoms with Crippen LogP contribution < -0.4 is 0 Å². The molecule has 0 saturated carbocycles. The van der Waals surface area contributed by atoms with E-state index in [0.717, 1.165) is 44.5 Å². The van der Waals surface area contributed by atoms with Crippen molar-refractivity contribution < 1.29 is 4.42 Å². The highest BCUT2D eigenvalue weighted by Gasteiger charge is 2.16. The summed E-state index contributed by atoms with van der Waals surface area (Å²) < 4.78 is 6.39. The normalized spacial score (nSPS) is 11.1. The average molecular weight is 534 g/mol. The van der Waals surface area contributed by atoms with E-state index in [1.165, 1.54) is 16.7 Å². The first-order chi connectivity index (χ1) is 19.7. The van der Waals surface area contributed by atoms with Gasteiger partial charge in [-0.1, -0.05) is 109 Å². The van der Waals surface area contributed by atoms with Crippen LogP contribution in [0, 0.1) is 0 Å². The Bertz CT molecular complexity index is 1940. The van der Waals surface area contributed by atoms with Crippen molar-refractivity contribution in [2.45, 2.75) is 0 Å². The summed E-state index contributed by atoms with van der Waals surface area (Å²) in [5, 5.41) is 0.680. The molecule has 0 N–H and O–H groups in total. The molecule has 0 bridgehead atoms. The van der Waals surface area contributed by atoms with E-state index in [1.807, 2.05) is 36.4 Å². The predicted molar refractivity (Wildman–Crippen MR) is 166 cm³/mol. The van der Waals surface area contributed by atoms with Crippen LogP contribution in [-0.2, 0) is 0 Å². The molecule has 2 nitrogen and oxygen atoms in total. The number of oxazole rings is 1. The number of hydrogen-bond donors (Lipinski definition) is 0. The molecule has 0 aliphatic carbocycles. The van der Waals surface area contributed by atoms with Gasteiger partial charge >= 0.3 is 0 Å². The van der Waals surface area contributed by atoms with Gasteiger partial charge in [-0.2, -0.15) is 0 Å². The molecule has 0 atom stereocenters. The number of hydrogen-bond acceptors (Lipinski definition) is 2. The van der Waals surface area contributed by atoms with E-state index in [4.69, 9.17) is 21.0 Å². The Hall–Kier alpha value is -4.92. The Kier molecular flexibility index (Phi) is 6.24. The van der Waals surface area contributed by atoms with Crippen molar-refractivity contribution in [3.8, 4) is 56.0 Å². The van der Waals surface area contributed by atoms with Gasteiger partial charge in [-0.05, 0) is 87.5 Å². The summed E-state index contributed by atoms with van der Waals surface area (Å²) in [6.07, 6.45) is 0. The van der Waals surface area contributed by atoms with E-state index in [9.17, 15) is 0 Å². The molecule has 0 fully saturated rings. The van der Waals surface area contributed by atoms with E-state index >= 15 is 0 Å². The topological polar surface area (TPSA) is 26.0 Å². The fourth-order valence-corrected chi connectivity index (χ4v) is 5.26. The molecule has 7 aromatic rings. The summed E-state index contributed by atoms with van der Waals surface area (Å²) in [6.45, 7) is 0. The summed E-state index contributed by atoms with van der Waals surface area (Å²) in [6, 6.07) is 50.1. The van der Waals surface area contributed by atoms with Gasteiger partial charge in [-0.3, -0.25) is 0 Å². The van der Waals surface area contributed by atoms with Crippen molar-refractivity contribution in [3.05, 3.63) is 151 Å². The van der Waals surface area contributed by atoms with Crippen LogP contribution in [0.2, 0.25) is 5.02 Å². The van der Waals surface area contributed by atoms with E-state index in [1.54, 1.807) is 0 Å². The molecule has 0 aliphatic rings. The van der Waals surface area contributed by atoms with Crippen LogP contribution in [0.1, 0.15) is 0 Å². The second-order valence-electron chi connectivity index (χ2n) is 9.79. The first-order valence-electron chi connectivity index (χ1n) is 13.2. The Morgan fingerprint density at radius 3 is 1.57 bits per heavy atom. The van der Waals surface area contributed by atoms with Gasteiger partial charge in [0.25, 0.3) is 0 Å². The van der Waals surface area contributed by atoms with Gasteiger partial charge < -0.3 is 4.42 Å². The fourth-order valence-electron chi connectivity index (χ4n) is 5.14. The third kappa shape index (κ3) is 4.70. The van der Waals surface area contributed by atoms with Crippen LogP contribution in [0.4, 0.5) is 0 Å². The first kappa shape index (κ1) is 24.1. The Morgan fingerprint density at radius 1 is 0.425 bits per heavy atom. The molecule has 1 heterocycles. The lowest BCUT2D eigenvalue weighted by Gasteiger charge is -2.10. The van der Waals surface area contributed by atoms with Crippen LogP contribution in [0.25, 0.3) is 67.1 Å². The van der Waals surface area contributed by atoms with Gasteiger partial charge in [0.1, 0.15) is 5.52 Å². The van der Waals surface area contributed by atoms with Crippen molar-refractivity contribution in [2.75, 3.05) is 0 Å². The molecule has 0 amide bonds. The largest absolute Gasteiger partial charge is 0.436 e. The lowest BCUT2D eigenvalue weighted by Crippen LogP contribution is -1.87. The monoisotopic (exact) mass is 533 g/mol. The minimum atomic E-state index is 0.572. The Balaban J connectivity index is 1.42. The third-order valence-electron chi connectivity index (χ3n) is 7.17. The lowest BCUT2D eigenvalue weighted by molar-refractivity contribution is 0.620. The molecule has 1 aromatic heterocycles. The van der Waals surface area contributed by atoms with Crippen molar-refractivity contribution in [2.24, 2.45) is 0 Å². The zero-order chi connectivity index (χ0) is 26.9. The molecule has 190 valence electrons. The van der Waals surface area contributed by atoms with Crippen LogP contribution in [0.15, 0.2) is 150 Å². The van der Waals surface area contributed by atoms with Gasteiger partial charge in [-0.25, -0.2) is 4.98 Å². The summed E-state index contributed by atoms with van der Waals surface area (Å²) in [4.78, 5) is 4.98. The van der Waals surface area contributed by atoms with E-state index in [-0.39, 0.29) is 0 Å². The van der Waals surface area contributed by atoms with E-state index in [2.05, 4.69) is 109 Å². The summed E-state index contributed by atoms with van der Waals surface area (Å²) in [5.74, 6) is 0.572. The molecule has 0 aliphatic heterocycles. The van der Waals surface area contributed by atoms with Crippen LogP contribution in [0.5, 0.6) is 0 Å². The van der Waals surface area contributed by atoms with Crippen LogP contribution >= 0.6 is 11.6 Å². The molecule has 7 rings (SSSR count). The summed E-state index contributed by atoms with van der Waals surface area (Å²) in [7, 11) is 0. The molecule has 0 unspecified atom stereocenters.